The number of nitrogens with zero attached hydrogens (tertiary/aromatic N) is 6. The number of likely N-dealkylation sites (tertiary alicyclic amines) is 2. The first-order valence-electron chi connectivity index (χ1n) is 11.7. The Labute approximate surface area is 195 Å². The van der Waals surface area contributed by atoms with Crippen molar-refractivity contribution in [1.82, 2.24) is 29.8 Å². The highest BCUT2D eigenvalue weighted by molar-refractivity contribution is 5.78. The Bertz CT molecular complexity index is 968. The van der Waals surface area contributed by atoms with Crippen molar-refractivity contribution in [1.29, 1.82) is 0 Å². The van der Waals surface area contributed by atoms with E-state index in [0.29, 0.717) is 24.8 Å². The standard InChI is InChI=1S/C24H34N6O3/c1-17(2)23(32)29-10-7-24(8-11-29)12-20(22-26-18(3)27-33-22)30(16-24)15-21(31)28(4)14-19-6-5-9-25-13-19/h5-6,9,13,17,20H,7-8,10-12,14-16H2,1-4H3. The fourth-order valence-electron chi connectivity index (χ4n) is 5.08. The van der Waals surface area contributed by atoms with Crippen LogP contribution in [0.1, 0.15) is 56.4 Å². The van der Waals surface area contributed by atoms with E-state index in [1.54, 1.807) is 17.3 Å². The average Bonchev–Trinajstić information content (AvgIpc) is 3.38. The van der Waals surface area contributed by atoms with E-state index in [2.05, 4.69) is 20.0 Å². The lowest BCUT2D eigenvalue weighted by atomic mass is 9.76. The van der Waals surface area contributed by atoms with Crippen LogP contribution in [0.4, 0.5) is 0 Å². The molecule has 33 heavy (non-hydrogen) atoms. The van der Waals surface area contributed by atoms with Gasteiger partial charge in [-0.2, -0.15) is 4.98 Å². The summed E-state index contributed by atoms with van der Waals surface area (Å²) >= 11 is 0. The molecule has 9 heteroatoms. The van der Waals surface area contributed by atoms with Gasteiger partial charge in [-0.1, -0.05) is 25.1 Å². The Balaban J connectivity index is 1.46. The van der Waals surface area contributed by atoms with E-state index in [-0.39, 0.29) is 29.2 Å². The second-order valence-electron chi connectivity index (χ2n) is 9.90. The number of piperidine rings is 1. The third-order valence-electron chi connectivity index (χ3n) is 6.97. The lowest BCUT2D eigenvalue weighted by Gasteiger charge is -2.40. The van der Waals surface area contributed by atoms with Gasteiger partial charge in [-0.25, -0.2) is 0 Å². The predicted octanol–water partition coefficient (Wildman–Crippen LogP) is 2.44. The van der Waals surface area contributed by atoms with Crippen molar-refractivity contribution < 1.29 is 14.1 Å². The normalized spacial score (nSPS) is 20.5. The van der Waals surface area contributed by atoms with Gasteiger partial charge in [-0.15, -0.1) is 0 Å². The second kappa shape index (κ2) is 9.59. The van der Waals surface area contributed by atoms with E-state index in [4.69, 9.17) is 4.52 Å². The van der Waals surface area contributed by atoms with E-state index in [1.807, 2.05) is 44.9 Å². The van der Waals surface area contributed by atoms with Gasteiger partial charge in [0, 0.05) is 51.5 Å². The highest BCUT2D eigenvalue weighted by Gasteiger charge is 2.48. The van der Waals surface area contributed by atoms with Gasteiger partial charge in [-0.3, -0.25) is 19.5 Å². The quantitative estimate of drug-likeness (QED) is 0.661. The zero-order valence-corrected chi connectivity index (χ0v) is 20.0. The number of amides is 2. The van der Waals surface area contributed by atoms with Crippen LogP contribution in [-0.4, -0.2) is 74.9 Å². The maximum atomic E-state index is 13.1. The molecule has 0 saturated carbocycles. The Morgan fingerprint density at radius 1 is 1.30 bits per heavy atom. The summed E-state index contributed by atoms with van der Waals surface area (Å²) in [4.78, 5) is 40.1. The van der Waals surface area contributed by atoms with Crippen molar-refractivity contribution in [2.75, 3.05) is 33.2 Å². The van der Waals surface area contributed by atoms with Crippen molar-refractivity contribution in [2.24, 2.45) is 11.3 Å². The first-order chi connectivity index (χ1) is 15.8. The zero-order chi connectivity index (χ0) is 23.6. The van der Waals surface area contributed by atoms with Crippen molar-refractivity contribution in [3.63, 3.8) is 0 Å². The smallest absolute Gasteiger partial charge is 0.244 e. The minimum Gasteiger partial charge on any atom is -0.342 e. The molecule has 2 aliphatic rings. The molecule has 4 rings (SSSR count). The van der Waals surface area contributed by atoms with Crippen LogP contribution in [0, 0.1) is 18.3 Å². The molecule has 178 valence electrons. The van der Waals surface area contributed by atoms with Gasteiger partial charge in [-0.05, 0) is 43.2 Å². The number of hydrogen-bond acceptors (Lipinski definition) is 7. The van der Waals surface area contributed by atoms with Gasteiger partial charge in [0.25, 0.3) is 0 Å². The zero-order valence-electron chi connectivity index (χ0n) is 20.0. The van der Waals surface area contributed by atoms with E-state index in [0.717, 1.165) is 44.5 Å². The molecule has 0 aromatic carbocycles. The summed E-state index contributed by atoms with van der Waals surface area (Å²) in [5, 5.41) is 3.99. The van der Waals surface area contributed by atoms with Crippen molar-refractivity contribution in [2.45, 2.75) is 52.6 Å². The minimum absolute atomic E-state index is 0.0150. The van der Waals surface area contributed by atoms with Crippen molar-refractivity contribution in [3.05, 3.63) is 41.8 Å². The van der Waals surface area contributed by atoms with Gasteiger partial charge >= 0.3 is 0 Å². The Hall–Kier alpha value is -2.81. The van der Waals surface area contributed by atoms with Crippen LogP contribution in [0.15, 0.2) is 29.0 Å². The highest BCUT2D eigenvalue weighted by atomic mass is 16.5. The van der Waals surface area contributed by atoms with E-state index in [1.165, 1.54) is 0 Å². The lowest BCUT2D eigenvalue weighted by molar-refractivity contribution is -0.136. The summed E-state index contributed by atoms with van der Waals surface area (Å²) < 4.78 is 5.54. The second-order valence-corrected chi connectivity index (χ2v) is 9.90. The number of likely N-dealkylation sites (N-methyl/N-ethyl adjacent to an activating group) is 1. The van der Waals surface area contributed by atoms with E-state index >= 15 is 0 Å². The monoisotopic (exact) mass is 454 g/mol. The molecule has 1 spiro atoms. The van der Waals surface area contributed by atoms with Crippen LogP contribution in [0.3, 0.4) is 0 Å². The molecule has 2 aliphatic heterocycles. The van der Waals surface area contributed by atoms with Gasteiger partial charge in [0.1, 0.15) is 0 Å². The summed E-state index contributed by atoms with van der Waals surface area (Å²) in [5.74, 6) is 1.46. The largest absolute Gasteiger partial charge is 0.342 e. The summed E-state index contributed by atoms with van der Waals surface area (Å²) in [6.45, 7) is 8.82. The van der Waals surface area contributed by atoms with Crippen LogP contribution in [0.25, 0.3) is 0 Å². The van der Waals surface area contributed by atoms with E-state index < -0.39 is 0 Å². The Kier molecular flexibility index (Phi) is 6.78. The molecule has 0 N–H and O–H groups in total. The number of rotatable bonds is 6. The van der Waals surface area contributed by atoms with Gasteiger partial charge in [0.2, 0.25) is 17.7 Å². The SMILES string of the molecule is Cc1noc(C2CC3(CCN(C(=O)C(C)C)CC3)CN2CC(=O)N(C)Cc2cccnc2)n1. The van der Waals surface area contributed by atoms with E-state index in [9.17, 15) is 9.59 Å². The summed E-state index contributed by atoms with van der Waals surface area (Å²) in [6.07, 6.45) is 6.21. The number of carbonyl (C=O) groups is 2. The predicted molar refractivity (Wildman–Crippen MR) is 122 cm³/mol. The Morgan fingerprint density at radius 2 is 2.06 bits per heavy atom. The maximum Gasteiger partial charge on any atom is 0.244 e. The number of carbonyl (C=O) groups excluding carboxylic acids is 2. The molecule has 2 aromatic rings. The molecule has 2 saturated heterocycles. The van der Waals surface area contributed by atoms with Crippen LogP contribution in [0.5, 0.6) is 0 Å². The summed E-state index contributed by atoms with van der Waals surface area (Å²) in [6, 6.07) is 3.76. The number of pyridine rings is 1. The minimum atomic E-state index is -0.0886. The van der Waals surface area contributed by atoms with Gasteiger partial charge in [0.15, 0.2) is 5.82 Å². The molecule has 1 atom stereocenters. The molecule has 2 amide bonds. The number of aromatic nitrogens is 3. The fourth-order valence-corrected chi connectivity index (χ4v) is 5.08. The van der Waals surface area contributed by atoms with Crippen molar-refractivity contribution in [3.8, 4) is 0 Å². The molecule has 0 radical (unpaired) electrons. The molecular weight excluding hydrogens is 420 g/mol. The topological polar surface area (TPSA) is 95.7 Å². The molecule has 1 unspecified atom stereocenters. The van der Waals surface area contributed by atoms with Crippen LogP contribution in [0.2, 0.25) is 0 Å². The molecule has 9 nitrogen and oxygen atoms in total. The summed E-state index contributed by atoms with van der Waals surface area (Å²) in [7, 11) is 1.82. The third-order valence-corrected chi connectivity index (χ3v) is 6.97. The number of aryl methyl sites for hydroxylation is 1. The molecular formula is C24H34N6O3. The van der Waals surface area contributed by atoms with Crippen molar-refractivity contribution >= 4 is 11.8 Å². The Morgan fingerprint density at radius 3 is 2.67 bits per heavy atom. The third kappa shape index (κ3) is 5.24. The van der Waals surface area contributed by atoms with Gasteiger partial charge in [0.05, 0.1) is 12.6 Å². The molecule has 0 bridgehead atoms. The average molecular weight is 455 g/mol. The van der Waals surface area contributed by atoms with Crippen LogP contribution >= 0.6 is 0 Å². The van der Waals surface area contributed by atoms with Crippen LogP contribution < -0.4 is 0 Å². The van der Waals surface area contributed by atoms with Gasteiger partial charge < -0.3 is 14.3 Å². The maximum absolute atomic E-state index is 13.1. The highest BCUT2D eigenvalue weighted by Crippen LogP contribution is 2.48. The molecule has 0 aliphatic carbocycles. The van der Waals surface area contributed by atoms with Crippen LogP contribution in [-0.2, 0) is 16.1 Å². The molecule has 2 fully saturated rings. The molecule has 4 heterocycles. The number of hydrogen-bond donors (Lipinski definition) is 0. The first-order valence-corrected chi connectivity index (χ1v) is 11.7. The summed E-state index contributed by atoms with van der Waals surface area (Å²) in [5.41, 5.74) is 1.04. The molecule has 2 aromatic heterocycles. The lowest BCUT2D eigenvalue weighted by Crippen LogP contribution is -2.46. The first kappa shape index (κ1) is 23.4. The fraction of sp³-hybridized carbons (Fsp3) is 0.625.